The number of carboxylic acid groups (broad SMARTS) is 1. The van der Waals surface area contributed by atoms with E-state index in [0.29, 0.717) is 6.42 Å². The summed E-state index contributed by atoms with van der Waals surface area (Å²) >= 11 is 0. The zero-order valence-corrected chi connectivity index (χ0v) is 15.8. The van der Waals surface area contributed by atoms with Gasteiger partial charge in [-0.1, -0.05) is 70.4 Å². The molecule has 0 bridgehead atoms. The van der Waals surface area contributed by atoms with Crippen molar-refractivity contribution in [3.05, 3.63) is 12.2 Å². The molecule has 0 rings (SSSR count). The molecule has 0 fully saturated rings. The third-order valence-corrected chi connectivity index (χ3v) is 3.65. The van der Waals surface area contributed by atoms with Crippen LogP contribution in [0.25, 0.3) is 0 Å². The van der Waals surface area contributed by atoms with Gasteiger partial charge in [-0.15, -0.1) is 0 Å². The molecule has 5 heteroatoms. The van der Waals surface area contributed by atoms with Gasteiger partial charge in [0.1, 0.15) is 0 Å². The van der Waals surface area contributed by atoms with E-state index in [1.807, 2.05) is 0 Å². The van der Waals surface area contributed by atoms with Crippen LogP contribution in [-0.4, -0.2) is 11.1 Å². The predicted molar refractivity (Wildman–Crippen MR) is 88.5 cm³/mol. The van der Waals surface area contributed by atoms with Gasteiger partial charge in [-0.05, 0) is 32.1 Å². The zero-order valence-electron chi connectivity index (χ0n) is 14.6. The number of hydrogen-bond acceptors (Lipinski definition) is 1. The van der Waals surface area contributed by atoms with Gasteiger partial charge in [-0.2, -0.15) is 0 Å². The molecule has 0 aliphatic heterocycles. The average molecular weight is 369 g/mol. The fourth-order valence-electron chi connectivity index (χ4n) is 2.35. The Balaban J connectivity index is -0.000000602. The first kappa shape index (κ1) is 30.5. The van der Waals surface area contributed by atoms with Gasteiger partial charge in [0.25, 0.3) is 0 Å². The molecular weight excluding hydrogens is 335 g/mol. The van der Waals surface area contributed by atoms with Gasteiger partial charge < -0.3 is 16.1 Å². The molecule has 0 aliphatic rings. The second kappa shape index (κ2) is 26.5. The zero-order chi connectivity index (χ0) is 14.9. The first-order valence-corrected chi connectivity index (χ1v) is 8.64. The van der Waals surface area contributed by atoms with E-state index in [1.165, 1.54) is 70.6 Å². The Morgan fingerprint density at radius 1 is 0.739 bits per heavy atom. The largest absolute Gasteiger partial charge is 2.00 e. The minimum Gasteiger partial charge on any atom is -2.00 e. The van der Waals surface area contributed by atoms with Crippen molar-refractivity contribution >= 4 is 5.97 Å². The Bertz CT molecular complexity index is 245. The summed E-state index contributed by atoms with van der Waals surface area (Å²) in [4.78, 5) is 10.3. The Hall–Kier alpha value is -0.351. The minimum atomic E-state index is -0.664. The molecule has 0 spiro atoms. The first-order chi connectivity index (χ1) is 9.77. The summed E-state index contributed by atoms with van der Waals surface area (Å²) in [6.07, 6.45) is 21.2. The molecule has 0 aromatic heterocycles. The van der Waals surface area contributed by atoms with Gasteiger partial charge >= 0.3 is 5.97 Å². The van der Waals surface area contributed by atoms with Gasteiger partial charge in [-0.3, -0.25) is 4.79 Å². The van der Waals surface area contributed by atoms with Crippen molar-refractivity contribution in [2.24, 2.45) is 0 Å². The molecular formula is C18H34MnO4-4. The Labute approximate surface area is 153 Å². The first-order valence-electron chi connectivity index (χ1n) is 8.64. The summed E-state index contributed by atoms with van der Waals surface area (Å²) in [7, 11) is 0. The quantitative estimate of drug-likeness (QED) is 0.222. The Morgan fingerprint density at radius 3 is 1.57 bits per heavy atom. The normalized spacial score (nSPS) is 9.78. The van der Waals surface area contributed by atoms with Crippen LogP contribution in [-0.2, 0) is 32.8 Å². The Morgan fingerprint density at radius 2 is 1.13 bits per heavy atom. The van der Waals surface area contributed by atoms with Crippen molar-refractivity contribution in [3.63, 3.8) is 0 Å². The maximum atomic E-state index is 10.3. The van der Waals surface area contributed by atoms with E-state index in [1.54, 1.807) is 0 Å². The smallest absolute Gasteiger partial charge is 0.303 e. The van der Waals surface area contributed by atoms with Gasteiger partial charge in [-0.25, -0.2) is 0 Å². The molecule has 1 radical (unpaired) electrons. The molecule has 0 atom stereocenters. The third kappa shape index (κ3) is 30.2. The summed E-state index contributed by atoms with van der Waals surface area (Å²) in [5.74, 6) is -0.664. The fraction of sp³-hybridized carbons (Fsp3) is 0.833. The maximum Gasteiger partial charge on any atom is 0.303 e. The summed E-state index contributed by atoms with van der Waals surface area (Å²) in [6, 6.07) is 0. The second-order valence-electron chi connectivity index (χ2n) is 5.73. The van der Waals surface area contributed by atoms with Crippen LogP contribution < -0.4 is 0 Å². The van der Waals surface area contributed by atoms with Crippen LogP contribution in [0.1, 0.15) is 96.8 Å². The number of aliphatic carboxylic acids is 1. The Kier molecular flexibility index (Phi) is 35.2. The van der Waals surface area contributed by atoms with Gasteiger partial charge in [0.05, 0.1) is 0 Å². The molecule has 0 saturated carbocycles. The number of unbranched alkanes of at least 4 members (excludes halogenated alkanes) is 11. The van der Waals surface area contributed by atoms with E-state index in [9.17, 15) is 4.79 Å². The summed E-state index contributed by atoms with van der Waals surface area (Å²) < 4.78 is 0. The minimum absolute atomic E-state index is 0. The number of rotatable bonds is 15. The van der Waals surface area contributed by atoms with E-state index < -0.39 is 5.97 Å². The monoisotopic (exact) mass is 369 g/mol. The summed E-state index contributed by atoms with van der Waals surface area (Å²) in [6.45, 7) is 2.26. The van der Waals surface area contributed by atoms with E-state index in [-0.39, 0.29) is 28.0 Å². The predicted octanol–water partition coefficient (Wildman–Crippen LogP) is 5.87. The van der Waals surface area contributed by atoms with E-state index in [4.69, 9.17) is 5.11 Å². The van der Waals surface area contributed by atoms with Crippen LogP contribution in [0.15, 0.2) is 12.2 Å². The second-order valence-corrected chi connectivity index (χ2v) is 5.73. The SMILES string of the molecule is CCCCCCCCC=CCCCCCCCC(=O)O.[Mn].[O-2].[O-2]. The van der Waals surface area contributed by atoms with Crippen molar-refractivity contribution in [1.82, 2.24) is 0 Å². The molecule has 141 valence electrons. The van der Waals surface area contributed by atoms with Crippen LogP contribution in [0, 0.1) is 0 Å². The van der Waals surface area contributed by atoms with E-state index in [0.717, 1.165) is 12.8 Å². The number of allylic oxidation sites excluding steroid dienone is 2. The molecule has 1 N–H and O–H groups in total. The van der Waals surface area contributed by atoms with Crippen LogP contribution >= 0.6 is 0 Å². The van der Waals surface area contributed by atoms with E-state index >= 15 is 0 Å². The van der Waals surface area contributed by atoms with Crippen LogP contribution in [0.3, 0.4) is 0 Å². The summed E-state index contributed by atoms with van der Waals surface area (Å²) in [5.41, 5.74) is 0. The standard InChI is InChI=1S/C18H34O2.Mn.2O/c1-2-3-4-5-6-7-8-9-10-11-12-13-14-15-16-17-18(19)20;;;/h9-10H,2-8,11-17H2,1H3,(H,19,20);;;/q;;2*-2. The van der Waals surface area contributed by atoms with Crippen molar-refractivity contribution in [2.45, 2.75) is 96.8 Å². The van der Waals surface area contributed by atoms with Crippen molar-refractivity contribution < 1.29 is 37.9 Å². The van der Waals surface area contributed by atoms with Crippen molar-refractivity contribution in [2.75, 3.05) is 0 Å². The molecule has 0 heterocycles. The van der Waals surface area contributed by atoms with Gasteiger partial charge in [0, 0.05) is 23.5 Å². The van der Waals surface area contributed by atoms with Crippen LogP contribution in [0.2, 0.25) is 0 Å². The van der Waals surface area contributed by atoms with Crippen LogP contribution in [0.5, 0.6) is 0 Å². The van der Waals surface area contributed by atoms with E-state index in [2.05, 4.69) is 19.1 Å². The third-order valence-electron chi connectivity index (χ3n) is 3.65. The van der Waals surface area contributed by atoms with Gasteiger partial charge in [0.15, 0.2) is 0 Å². The molecule has 0 amide bonds. The fourth-order valence-corrected chi connectivity index (χ4v) is 2.35. The van der Waals surface area contributed by atoms with Gasteiger partial charge in [0.2, 0.25) is 0 Å². The van der Waals surface area contributed by atoms with Crippen molar-refractivity contribution in [1.29, 1.82) is 0 Å². The van der Waals surface area contributed by atoms with Crippen LogP contribution in [0.4, 0.5) is 0 Å². The van der Waals surface area contributed by atoms with Crippen molar-refractivity contribution in [3.8, 4) is 0 Å². The number of carbonyl (C=O) groups is 1. The molecule has 0 aromatic carbocycles. The molecule has 0 saturated heterocycles. The average Bonchev–Trinajstić information content (AvgIpc) is 2.43. The summed E-state index contributed by atoms with van der Waals surface area (Å²) in [5, 5.41) is 8.51. The topological polar surface area (TPSA) is 94.3 Å². The number of hydrogen-bond donors (Lipinski definition) is 1. The maximum absolute atomic E-state index is 10.3. The molecule has 4 nitrogen and oxygen atoms in total. The molecule has 0 aliphatic carbocycles. The number of carboxylic acids is 1. The molecule has 0 unspecified atom stereocenters. The molecule has 23 heavy (non-hydrogen) atoms. The molecule has 0 aromatic rings.